The van der Waals surface area contributed by atoms with Crippen molar-refractivity contribution in [2.45, 2.75) is 25.3 Å². The summed E-state index contributed by atoms with van der Waals surface area (Å²) in [6.07, 6.45) is 3.67. The number of carbonyl (C=O) groups is 1. The number of aromatic nitrogens is 1. The molecule has 0 atom stereocenters. The molecule has 4 aromatic rings. The van der Waals surface area contributed by atoms with E-state index in [1.54, 1.807) is 13.0 Å². The maximum Gasteiger partial charge on any atom is 0.339 e. The SMILES string of the molecule is CCn1cc(/C=C2/Oc3c(ccc(OS(=O)(=O)c4ccc(F)cc4)c3C)C2=O)c2ccccc21. The number of para-hydroxylation sites is 1. The molecule has 2 heterocycles. The molecule has 5 rings (SSSR count). The van der Waals surface area contributed by atoms with Gasteiger partial charge in [-0.05, 0) is 62.4 Å². The second-order valence-corrected chi connectivity index (χ2v) is 9.43. The van der Waals surface area contributed by atoms with Crippen LogP contribution in [-0.2, 0) is 16.7 Å². The van der Waals surface area contributed by atoms with Crippen LogP contribution >= 0.6 is 0 Å². The molecule has 1 aromatic heterocycles. The Kier molecular flexibility index (Phi) is 5.25. The van der Waals surface area contributed by atoms with E-state index in [9.17, 15) is 17.6 Å². The van der Waals surface area contributed by atoms with Gasteiger partial charge in [0, 0.05) is 34.8 Å². The second kappa shape index (κ2) is 8.14. The van der Waals surface area contributed by atoms with Gasteiger partial charge in [-0.1, -0.05) is 18.2 Å². The highest BCUT2D eigenvalue weighted by atomic mass is 32.2. The topological polar surface area (TPSA) is 74.6 Å². The van der Waals surface area contributed by atoms with E-state index in [1.165, 1.54) is 12.1 Å². The molecule has 0 radical (unpaired) electrons. The summed E-state index contributed by atoms with van der Waals surface area (Å²) in [4.78, 5) is 12.8. The summed E-state index contributed by atoms with van der Waals surface area (Å²) in [7, 11) is -4.19. The van der Waals surface area contributed by atoms with Crippen LogP contribution in [-0.4, -0.2) is 18.8 Å². The minimum Gasteiger partial charge on any atom is -0.452 e. The Labute approximate surface area is 196 Å². The maximum absolute atomic E-state index is 13.2. The summed E-state index contributed by atoms with van der Waals surface area (Å²) in [6.45, 7) is 4.44. The van der Waals surface area contributed by atoms with Gasteiger partial charge in [0.2, 0.25) is 5.78 Å². The quantitative estimate of drug-likeness (QED) is 0.281. The number of hydrogen-bond acceptors (Lipinski definition) is 5. The number of fused-ring (bicyclic) bond motifs is 2. The molecule has 0 bridgehead atoms. The van der Waals surface area contributed by atoms with Gasteiger partial charge in [-0.3, -0.25) is 4.79 Å². The smallest absolute Gasteiger partial charge is 0.339 e. The lowest BCUT2D eigenvalue weighted by Crippen LogP contribution is -2.10. The highest BCUT2D eigenvalue weighted by molar-refractivity contribution is 7.87. The Morgan fingerprint density at radius 3 is 2.53 bits per heavy atom. The largest absolute Gasteiger partial charge is 0.452 e. The summed E-state index contributed by atoms with van der Waals surface area (Å²) < 4.78 is 51.7. The molecular formula is C26H20FNO5S. The lowest BCUT2D eigenvalue weighted by atomic mass is 10.1. The van der Waals surface area contributed by atoms with Gasteiger partial charge in [-0.15, -0.1) is 0 Å². The molecule has 34 heavy (non-hydrogen) atoms. The number of halogens is 1. The lowest BCUT2D eigenvalue weighted by molar-refractivity contribution is 0.101. The number of Topliss-reactive ketones (excluding diaryl/α,β-unsaturated/α-hetero) is 1. The van der Waals surface area contributed by atoms with Crippen molar-refractivity contribution in [1.29, 1.82) is 0 Å². The third-order valence-corrected chi connectivity index (χ3v) is 7.03. The van der Waals surface area contributed by atoms with Gasteiger partial charge >= 0.3 is 10.1 Å². The molecule has 1 aliphatic rings. The Morgan fingerprint density at radius 2 is 1.79 bits per heavy atom. The zero-order valence-corrected chi connectivity index (χ0v) is 19.2. The van der Waals surface area contributed by atoms with Crippen LogP contribution in [0.3, 0.4) is 0 Å². The molecule has 0 saturated carbocycles. The molecule has 0 N–H and O–H groups in total. The summed E-state index contributed by atoms with van der Waals surface area (Å²) in [5, 5.41) is 0.996. The van der Waals surface area contributed by atoms with Gasteiger partial charge in [0.15, 0.2) is 5.76 Å². The third-order valence-electron chi connectivity index (χ3n) is 5.79. The number of ketones is 1. The average molecular weight is 478 g/mol. The van der Waals surface area contributed by atoms with Crippen molar-refractivity contribution in [2.24, 2.45) is 0 Å². The van der Waals surface area contributed by atoms with Crippen LogP contribution in [0, 0.1) is 12.7 Å². The van der Waals surface area contributed by atoms with Gasteiger partial charge in [-0.25, -0.2) is 4.39 Å². The molecule has 6 nitrogen and oxygen atoms in total. The van der Waals surface area contributed by atoms with E-state index in [1.807, 2.05) is 37.4 Å². The zero-order chi connectivity index (χ0) is 24.0. The molecule has 3 aromatic carbocycles. The van der Waals surface area contributed by atoms with Crippen LogP contribution in [0.1, 0.15) is 28.4 Å². The predicted molar refractivity (Wildman–Crippen MR) is 126 cm³/mol. The maximum atomic E-state index is 13.2. The van der Waals surface area contributed by atoms with E-state index in [0.717, 1.165) is 47.3 Å². The van der Waals surface area contributed by atoms with Crippen LogP contribution in [0.2, 0.25) is 0 Å². The first kappa shape index (κ1) is 21.9. The second-order valence-electron chi connectivity index (χ2n) is 7.88. The summed E-state index contributed by atoms with van der Waals surface area (Å²) in [5.74, 6) is -0.419. The fourth-order valence-corrected chi connectivity index (χ4v) is 5.00. The summed E-state index contributed by atoms with van der Waals surface area (Å²) in [6, 6.07) is 15.1. The molecule has 0 unspecified atom stereocenters. The first-order valence-electron chi connectivity index (χ1n) is 10.6. The number of allylic oxidation sites excluding steroid dienone is 1. The van der Waals surface area contributed by atoms with Gasteiger partial charge in [0.1, 0.15) is 22.2 Å². The standard InChI is InChI=1S/C26H20FNO5S/c1-3-28-15-17(20-6-4-5-7-22(20)28)14-24-25(29)21-12-13-23(16(2)26(21)32-24)33-34(30,31)19-10-8-18(27)9-11-19/h4-15H,3H2,1-2H3/b24-14+. The highest BCUT2D eigenvalue weighted by Crippen LogP contribution is 2.40. The predicted octanol–water partition coefficient (Wildman–Crippen LogP) is 5.49. The minimum absolute atomic E-state index is 0.0275. The fraction of sp³-hybridized carbons (Fsp3) is 0.115. The molecule has 1 aliphatic heterocycles. The Balaban J connectivity index is 1.49. The normalized spacial score (nSPS) is 14.4. The van der Waals surface area contributed by atoms with E-state index in [0.29, 0.717) is 11.1 Å². The summed E-state index contributed by atoms with van der Waals surface area (Å²) in [5.41, 5.74) is 2.60. The molecular weight excluding hydrogens is 457 g/mol. The molecule has 0 amide bonds. The van der Waals surface area contributed by atoms with Gasteiger partial charge in [0.05, 0.1) is 5.56 Å². The van der Waals surface area contributed by atoms with E-state index in [-0.39, 0.29) is 27.9 Å². The number of benzene rings is 3. The molecule has 0 saturated heterocycles. The van der Waals surface area contributed by atoms with E-state index < -0.39 is 15.9 Å². The van der Waals surface area contributed by atoms with Gasteiger partial charge < -0.3 is 13.5 Å². The summed E-state index contributed by atoms with van der Waals surface area (Å²) >= 11 is 0. The van der Waals surface area contributed by atoms with Crippen molar-refractivity contribution in [1.82, 2.24) is 4.57 Å². The van der Waals surface area contributed by atoms with Crippen LogP contribution in [0.5, 0.6) is 11.5 Å². The average Bonchev–Trinajstić information content (AvgIpc) is 3.34. The lowest BCUT2D eigenvalue weighted by Gasteiger charge is -2.11. The number of rotatable bonds is 5. The van der Waals surface area contributed by atoms with Crippen LogP contribution in [0.4, 0.5) is 4.39 Å². The monoisotopic (exact) mass is 477 g/mol. The Hall–Kier alpha value is -3.91. The molecule has 172 valence electrons. The van der Waals surface area contributed by atoms with Crippen molar-refractivity contribution >= 4 is 32.9 Å². The van der Waals surface area contributed by atoms with Crippen LogP contribution in [0.25, 0.3) is 17.0 Å². The fourth-order valence-electron chi connectivity index (χ4n) is 4.02. The molecule has 8 heteroatoms. The third kappa shape index (κ3) is 3.66. The number of aryl methyl sites for hydroxylation is 1. The van der Waals surface area contributed by atoms with Crippen LogP contribution < -0.4 is 8.92 Å². The van der Waals surface area contributed by atoms with Gasteiger partial charge in [-0.2, -0.15) is 8.42 Å². The first-order valence-corrected chi connectivity index (χ1v) is 12.0. The number of hydrogen-bond donors (Lipinski definition) is 0. The minimum atomic E-state index is -4.19. The van der Waals surface area contributed by atoms with E-state index in [2.05, 4.69) is 4.57 Å². The number of ether oxygens (including phenoxy) is 1. The number of carbonyl (C=O) groups excluding carboxylic acids is 1. The van der Waals surface area contributed by atoms with Crippen molar-refractivity contribution < 1.29 is 26.5 Å². The Bertz CT molecular complexity index is 1580. The van der Waals surface area contributed by atoms with E-state index in [4.69, 9.17) is 8.92 Å². The molecule has 0 aliphatic carbocycles. The van der Waals surface area contributed by atoms with Gasteiger partial charge in [0.25, 0.3) is 0 Å². The van der Waals surface area contributed by atoms with Crippen molar-refractivity contribution in [3.63, 3.8) is 0 Å². The molecule has 0 fully saturated rings. The molecule has 0 spiro atoms. The Morgan fingerprint density at radius 1 is 1.06 bits per heavy atom. The van der Waals surface area contributed by atoms with Crippen molar-refractivity contribution in [2.75, 3.05) is 0 Å². The van der Waals surface area contributed by atoms with Crippen molar-refractivity contribution in [3.05, 3.63) is 95.1 Å². The zero-order valence-electron chi connectivity index (χ0n) is 18.4. The highest BCUT2D eigenvalue weighted by Gasteiger charge is 2.31. The number of nitrogens with zero attached hydrogens (tertiary/aromatic N) is 1. The van der Waals surface area contributed by atoms with Crippen molar-refractivity contribution in [3.8, 4) is 11.5 Å². The van der Waals surface area contributed by atoms with Crippen LogP contribution in [0.15, 0.2) is 77.5 Å². The first-order chi connectivity index (χ1) is 16.3. The van der Waals surface area contributed by atoms with E-state index >= 15 is 0 Å².